The number of nitrogens with zero attached hydrogens (tertiary/aromatic N) is 3. The van der Waals surface area contributed by atoms with Crippen molar-refractivity contribution in [3.8, 4) is 0 Å². The Morgan fingerprint density at radius 1 is 0.971 bits per heavy atom. The number of aryl methyl sites for hydroxylation is 1. The van der Waals surface area contributed by atoms with Crippen LogP contribution in [0.15, 0.2) is 47.2 Å². The minimum absolute atomic E-state index is 0.0422. The highest BCUT2D eigenvalue weighted by Gasteiger charge is 2.48. The fourth-order valence-corrected chi connectivity index (χ4v) is 9.94. The van der Waals surface area contributed by atoms with E-state index in [2.05, 4.69) is 10.1 Å². The van der Waals surface area contributed by atoms with E-state index < -0.39 is 97.1 Å². The van der Waals surface area contributed by atoms with E-state index >= 15 is 0 Å². The van der Waals surface area contributed by atoms with Crippen molar-refractivity contribution >= 4 is 23.3 Å². The van der Waals surface area contributed by atoms with Crippen molar-refractivity contribution in [2.45, 2.75) is 159 Å². The van der Waals surface area contributed by atoms with Crippen molar-refractivity contribution in [1.82, 2.24) is 9.88 Å². The lowest BCUT2D eigenvalue weighted by Gasteiger charge is -2.47. The van der Waals surface area contributed by atoms with Gasteiger partial charge in [0.15, 0.2) is 12.1 Å². The first-order valence-corrected chi connectivity index (χ1v) is 24.4. The first-order valence-electron chi connectivity index (χ1n) is 24.4. The second-order valence-corrected chi connectivity index (χ2v) is 19.2. The number of ether oxygens (including phenoxy) is 8. The van der Waals surface area contributed by atoms with E-state index in [0.717, 1.165) is 11.3 Å². The molecule has 18 heteroatoms. The molecule has 3 aliphatic heterocycles. The van der Waals surface area contributed by atoms with Crippen LogP contribution in [0.4, 0.5) is 5.82 Å². The number of allylic oxidation sites excluding steroid dienone is 3. The zero-order chi connectivity index (χ0) is 49.5. The molecule has 1 unspecified atom stereocenters. The van der Waals surface area contributed by atoms with E-state index in [1.165, 1.54) is 7.11 Å². The summed E-state index contributed by atoms with van der Waals surface area (Å²) in [6.45, 7) is 10.2. The maximum absolute atomic E-state index is 14.4. The number of anilines is 1. The summed E-state index contributed by atoms with van der Waals surface area (Å²) in [6, 6.07) is 4.80. The number of nitrogen functional groups attached to an aromatic ring is 1. The lowest BCUT2D eigenvalue weighted by Crippen LogP contribution is -2.63. The number of pyridine rings is 1. The van der Waals surface area contributed by atoms with Crippen molar-refractivity contribution in [3.63, 3.8) is 0 Å². The summed E-state index contributed by atoms with van der Waals surface area (Å²) >= 11 is 0. The molecule has 0 radical (unpaired) electrons. The Balaban J connectivity index is 1.47. The number of esters is 1. The van der Waals surface area contributed by atoms with E-state index in [4.69, 9.17) is 48.5 Å². The van der Waals surface area contributed by atoms with E-state index in [9.17, 15) is 24.9 Å². The molecule has 4 heterocycles. The number of likely N-dealkylation sites (N-methyl/N-ethyl adjacent to an activating group) is 1. The molecule has 0 spiro atoms. The van der Waals surface area contributed by atoms with Crippen LogP contribution in [0.1, 0.15) is 85.3 Å². The largest absolute Gasteiger partial charge is 0.462 e. The van der Waals surface area contributed by atoms with Gasteiger partial charge in [-0.1, -0.05) is 49.7 Å². The summed E-state index contributed by atoms with van der Waals surface area (Å²) in [4.78, 5) is 40.3. The molecule has 1 saturated carbocycles. The van der Waals surface area contributed by atoms with Crippen molar-refractivity contribution in [3.05, 3.63) is 47.7 Å². The normalized spacial score (nSPS) is 38.1. The molecule has 384 valence electrons. The minimum atomic E-state index is -1.24. The lowest BCUT2D eigenvalue weighted by molar-refractivity contribution is -0.305. The SMILES string of the molecule is CC[C@H]1OC(=O)C[C@H]2OC/C(=N/OCCCc3cccc(N)n3)COCCC(C[C@@H](C)C(=O)/C=C/C(C)=C/[C@@H]1CO[C@@H]1CC[C@@H](O)[C@@H](OC)[C@H]1OC)[C@H](O[C@@H]1O[C@H](C)[C@@H](O)[C@H](N(C)C)[C@H]1O)[C@H]2C. The highest BCUT2D eigenvalue weighted by atomic mass is 16.7. The molecule has 3 fully saturated rings. The summed E-state index contributed by atoms with van der Waals surface area (Å²) in [5, 5.41) is 37.8. The van der Waals surface area contributed by atoms with E-state index in [0.29, 0.717) is 63.1 Å². The minimum Gasteiger partial charge on any atom is -0.462 e. The zero-order valence-corrected chi connectivity index (χ0v) is 41.6. The molecule has 1 aromatic rings. The van der Waals surface area contributed by atoms with Crippen LogP contribution in [-0.4, -0.2) is 177 Å². The van der Waals surface area contributed by atoms with Gasteiger partial charge >= 0.3 is 5.97 Å². The Labute approximate surface area is 402 Å². The number of nitrogens with two attached hydrogens (primary N) is 1. The standard InChI is InChI=1S/C50H80N4O14/c1-10-39-34(26-63-40-19-18-38(56)48(60-8)49(40)61-9)23-29(2)16-17-37(55)30(3)24-33-20-22-62-27-36(53-65-21-12-14-35-13-11-15-42(51)52-35)28-64-41(25-43(57)67-39)31(4)47(33)68-50-46(59)44(54(6)7)45(58)32(5)66-50/h11,13,15-17,23,30-34,38-41,44-50,56,58-59H,10,12,14,18-22,24-28H2,1-9H3,(H2,51,52)/b17-16+,29-23+,53-36+/t30-,31+,32-,33?,34-,38-,39-,40-,41-,44+,45-,46-,47-,48-,49+,50+/m1/s1. The van der Waals surface area contributed by atoms with Gasteiger partial charge < -0.3 is 68.7 Å². The number of carbonyl (C=O) groups excluding carboxylic acids is 2. The second kappa shape index (κ2) is 27.3. The van der Waals surface area contributed by atoms with Crippen molar-refractivity contribution in [2.24, 2.45) is 28.8 Å². The topological polar surface area (TPSA) is 232 Å². The van der Waals surface area contributed by atoms with Gasteiger partial charge in [-0.2, -0.15) is 0 Å². The maximum Gasteiger partial charge on any atom is 0.308 e. The van der Waals surface area contributed by atoms with Gasteiger partial charge in [0, 0.05) is 44.3 Å². The van der Waals surface area contributed by atoms with Crippen LogP contribution in [0.3, 0.4) is 0 Å². The molecule has 1 aliphatic carbocycles. The predicted molar refractivity (Wildman–Crippen MR) is 253 cm³/mol. The summed E-state index contributed by atoms with van der Waals surface area (Å²) in [6.07, 6.45) is 0.245. The van der Waals surface area contributed by atoms with Gasteiger partial charge in [-0.15, -0.1) is 0 Å². The van der Waals surface area contributed by atoms with Crippen LogP contribution in [-0.2, 0) is 58.7 Å². The average molecular weight is 961 g/mol. The third kappa shape index (κ3) is 15.5. The monoisotopic (exact) mass is 961 g/mol. The van der Waals surface area contributed by atoms with Gasteiger partial charge in [0.25, 0.3) is 0 Å². The van der Waals surface area contributed by atoms with Gasteiger partial charge in [0.1, 0.15) is 42.6 Å². The van der Waals surface area contributed by atoms with Gasteiger partial charge in [0.05, 0.1) is 68.9 Å². The van der Waals surface area contributed by atoms with Crippen LogP contribution in [0.25, 0.3) is 0 Å². The summed E-state index contributed by atoms with van der Waals surface area (Å²) in [5.74, 6) is -1.94. The third-order valence-corrected chi connectivity index (χ3v) is 13.8. The van der Waals surface area contributed by atoms with Crippen LogP contribution >= 0.6 is 0 Å². The number of aliphatic hydroxyl groups is 3. The second-order valence-electron chi connectivity index (χ2n) is 19.2. The molecule has 2 bridgehead atoms. The number of fused-ring (bicyclic) bond motifs is 3. The lowest BCUT2D eigenvalue weighted by atomic mass is 9.79. The maximum atomic E-state index is 14.4. The highest BCUT2D eigenvalue weighted by Crippen LogP contribution is 2.36. The number of rotatable bonds is 14. The summed E-state index contributed by atoms with van der Waals surface area (Å²) < 4.78 is 50.3. The fourth-order valence-electron chi connectivity index (χ4n) is 9.94. The smallest absolute Gasteiger partial charge is 0.308 e. The number of carbonyl (C=O) groups is 2. The number of hydrogen-bond acceptors (Lipinski definition) is 18. The Hall–Kier alpha value is -3.40. The Kier molecular flexibility index (Phi) is 22.3. The molecular weight excluding hydrogens is 881 g/mol. The van der Waals surface area contributed by atoms with Crippen molar-refractivity contribution in [2.75, 3.05) is 67.1 Å². The molecule has 16 atom stereocenters. The van der Waals surface area contributed by atoms with E-state index in [1.54, 1.807) is 51.2 Å². The van der Waals surface area contributed by atoms with Gasteiger partial charge in [-0.3, -0.25) is 9.59 Å². The summed E-state index contributed by atoms with van der Waals surface area (Å²) in [7, 11) is 6.65. The fraction of sp³-hybridized carbons (Fsp3) is 0.760. The van der Waals surface area contributed by atoms with E-state index in [-0.39, 0.29) is 44.5 Å². The van der Waals surface area contributed by atoms with Crippen LogP contribution in [0, 0.1) is 23.7 Å². The van der Waals surface area contributed by atoms with Gasteiger partial charge in [-0.25, -0.2) is 4.98 Å². The predicted octanol–water partition coefficient (Wildman–Crippen LogP) is 3.82. The molecule has 4 aliphatic rings. The number of ketones is 1. The molecule has 0 aromatic carbocycles. The molecule has 2 saturated heterocycles. The highest BCUT2D eigenvalue weighted by molar-refractivity contribution is 5.91. The van der Waals surface area contributed by atoms with Gasteiger partial charge in [-0.05, 0) is 97.0 Å². The Morgan fingerprint density at radius 2 is 1.74 bits per heavy atom. The van der Waals surface area contributed by atoms with Crippen LogP contribution in [0.2, 0.25) is 0 Å². The molecule has 68 heavy (non-hydrogen) atoms. The van der Waals surface area contributed by atoms with Crippen molar-refractivity contribution in [1.29, 1.82) is 0 Å². The first-order chi connectivity index (χ1) is 32.5. The molecule has 1 aromatic heterocycles. The quantitative estimate of drug-likeness (QED) is 0.118. The van der Waals surface area contributed by atoms with Crippen LogP contribution in [0.5, 0.6) is 0 Å². The number of aliphatic hydroxyl groups excluding tert-OH is 3. The number of oxime groups is 1. The number of methoxy groups -OCH3 is 2. The average Bonchev–Trinajstić information content (AvgIpc) is 3.32. The van der Waals surface area contributed by atoms with Crippen LogP contribution < -0.4 is 5.73 Å². The first kappa shape index (κ1) is 55.5. The molecule has 18 nitrogen and oxygen atoms in total. The number of aromatic nitrogens is 1. The Bertz CT molecular complexity index is 1820. The molecule has 5 rings (SSSR count). The number of hydrogen-bond donors (Lipinski definition) is 4. The van der Waals surface area contributed by atoms with E-state index in [1.807, 2.05) is 45.9 Å². The molecule has 0 amide bonds. The molecular formula is C50H80N4O14. The third-order valence-electron chi connectivity index (χ3n) is 13.8. The zero-order valence-electron chi connectivity index (χ0n) is 41.6. The number of cyclic esters (lactones) is 1. The van der Waals surface area contributed by atoms with Crippen molar-refractivity contribution < 1.29 is 67.6 Å². The summed E-state index contributed by atoms with van der Waals surface area (Å²) in [5.41, 5.74) is 7.97. The van der Waals surface area contributed by atoms with Gasteiger partial charge in [0.2, 0.25) is 0 Å². The molecule has 5 N–H and O–H groups in total. The Morgan fingerprint density at radius 3 is 2.44 bits per heavy atom.